The second-order valence-electron chi connectivity index (χ2n) is 5.91. The zero-order valence-electron chi connectivity index (χ0n) is 14.6. The molecule has 4 rings (SSSR count). The van der Waals surface area contributed by atoms with Crippen LogP contribution in [-0.2, 0) is 0 Å². The fourth-order valence-corrected chi connectivity index (χ4v) is 3.37. The summed E-state index contributed by atoms with van der Waals surface area (Å²) in [7, 11) is 3.02. The van der Waals surface area contributed by atoms with Crippen molar-refractivity contribution in [1.29, 1.82) is 5.26 Å². The monoisotopic (exact) mass is 368 g/mol. The minimum Gasteiger partial charge on any atom is -0.508 e. The van der Waals surface area contributed by atoms with E-state index in [2.05, 4.69) is 6.07 Å². The van der Waals surface area contributed by atoms with Crippen molar-refractivity contribution in [1.82, 2.24) is 0 Å². The van der Waals surface area contributed by atoms with Gasteiger partial charge in [0.25, 0.3) is 0 Å². The van der Waals surface area contributed by atoms with Gasteiger partial charge < -0.3 is 34.5 Å². The molecule has 1 unspecified atom stereocenters. The molecular weight excluding hydrogens is 352 g/mol. The third-order valence-electron chi connectivity index (χ3n) is 4.53. The van der Waals surface area contributed by atoms with Crippen LogP contribution in [0.4, 0.5) is 0 Å². The highest BCUT2D eigenvalue weighted by atomic mass is 16.7. The smallest absolute Gasteiger partial charge is 0.231 e. The molecule has 0 aromatic heterocycles. The molecule has 0 fully saturated rings. The molecule has 27 heavy (non-hydrogen) atoms. The van der Waals surface area contributed by atoms with Gasteiger partial charge in [0, 0.05) is 17.2 Å². The average molecular weight is 368 g/mol. The fourth-order valence-electron chi connectivity index (χ4n) is 3.37. The molecule has 0 saturated heterocycles. The number of hydrogen-bond acceptors (Lipinski definition) is 8. The molecule has 8 heteroatoms. The fraction of sp³-hybridized carbons (Fsp3) is 0.211. The van der Waals surface area contributed by atoms with Gasteiger partial charge in [-0.2, -0.15) is 5.26 Å². The number of ether oxygens (including phenoxy) is 5. The Hall–Kier alpha value is -3.73. The van der Waals surface area contributed by atoms with Crippen LogP contribution in [0.2, 0.25) is 0 Å². The van der Waals surface area contributed by atoms with Crippen LogP contribution in [0.15, 0.2) is 35.7 Å². The van der Waals surface area contributed by atoms with Crippen LogP contribution in [-0.4, -0.2) is 26.1 Å². The van der Waals surface area contributed by atoms with Crippen molar-refractivity contribution in [3.63, 3.8) is 0 Å². The number of nitriles is 1. The lowest BCUT2D eigenvalue weighted by atomic mass is 9.82. The Morgan fingerprint density at radius 3 is 2.63 bits per heavy atom. The lowest BCUT2D eigenvalue weighted by Gasteiger charge is -2.28. The standard InChI is InChI=1S/C19H16N2O6/c1-23-14-6-11(16(24-2)18-17(14)25-8-26-18)15-10-4-3-9(22)5-13(10)27-19(21)12(15)7-20/h3-6,15,22H,8,21H2,1-2H3. The Labute approximate surface area is 154 Å². The first kappa shape index (κ1) is 16.7. The minimum atomic E-state index is -0.599. The average Bonchev–Trinajstić information content (AvgIpc) is 3.15. The molecule has 8 nitrogen and oxygen atoms in total. The highest BCUT2D eigenvalue weighted by Gasteiger charge is 2.37. The van der Waals surface area contributed by atoms with E-state index < -0.39 is 5.92 Å². The SMILES string of the molecule is COc1cc(C2C(C#N)=C(N)Oc3cc(O)ccc32)c(OC)c2c1OCO2. The first-order chi connectivity index (χ1) is 13.1. The summed E-state index contributed by atoms with van der Waals surface area (Å²) in [5, 5.41) is 19.5. The number of allylic oxidation sites excluding steroid dienone is 1. The number of nitrogens with two attached hydrogens (primary N) is 1. The Balaban J connectivity index is 2.02. The van der Waals surface area contributed by atoms with Crippen molar-refractivity contribution in [3.05, 3.63) is 46.8 Å². The molecule has 3 N–H and O–H groups in total. The molecule has 1 atom stereocenters. The molecule has 2 aromatic rings. The zero-order valence-corrected chi connectivity index (χ0v) is 14.6. The number of rotatable bonds is 3. The molecule has 138 valence electrons. The summed E-state index contributed by atoms with van der Waals surface area (Å²) in [6, 6.07) is 8.48. The molecule has 0 aliphatic carbocycles. The topological polar surface area (TPSA) is 116 Å². The van der Waals surface area contributed by atoms with E-state index in [0.717, 1.165) is 0 Å². The first-order valence-electron chi connectivity index (χ1n) is 8.04. The molecule has 0 saturated carbocycles. The zero-order chi connectivity index (χ0) is 19.1. The van der Waals surface area contributed by atoms with E-state index in [-0.39, 0.29) is 24.0 Å². The van der Waals surface area contributed by atoms with Gasteiger partial charge in [0.1, 0.15) is 23.1 Å². The van der Waals surface area contributed by atoms with E-state index in [1.165, 1.54) is 26.4 Å². The lowest BCUT2D eigenvalue weighted by molar-refractivity contribution is 0.168. The maximum atomic E-state index is 9.78. The number of phenols is 1. The van der Waals surface area contributed by atoms with Gasteiger partial charge in [0.15, 0.2) is 11.5 Å². The van der Waals surface area contributed by atoms with Crippen LogP contribution < -0.4 is 29.4 Å². The van der Waals surface area contributed by atoms with Crippen molar-refractivity contribution < 1.29 is 28.8 Å². The molecule has 0 spiro atoms. The number of methoxy groups -OCH3 is 2. The van der Waals surface area contributed by atoms with E-state index in [0.29, 0.717) is 39.9 Å². The van der Waals surface area contributed by atoms with Crippen molar-refractivity contribution >= 4 is 0 Å². The third kappa shape index (κ3) is 2.44. The Kier molecular flexibility index (Phi) is 3.85. The normalized spacial score (nSPS) is 17.0. The molecule has 0 radical (unpaired) electrons. The van der Waals surface area contributed by atoms with E-state index in [1.54, 1.807) is 12.1 Å². The van der Waals surface area contributed by atoms with E-state index >= 15 is 0 Å². The van der Waals surface area contributed by atoms with Crippen molar-refractivity contribution in [3.8, 4) is 40.6 Å². The molecule has 2 aromatic carbocycles. The molecule has 2 aliphatic heterocycles. The second kappa shape index (κ2) is 6.21. The predicted molar refractivity (Wildman–Crippen MR) is 93.1 cm³/mol. The molecule has 0 amide bonds. The van der Waals surface area contributed by atoms with Gasteiger partial charge in [0.05, 0.1) is 20.1 Å². The Bertz CT molecular complexity index is 1010. The van der Waals surface area contributed by atoms with Crippen molar-refractivity contribution in [2.75, 3.05) is 21.0 Å². The summed E-state index contributed by atoms with van der Waals surface area (Å²) in [5.74, 6) is 1.43. The van der Waals surface area contributed by atoms with Crippen LogP contribution in [0.5, 0.6) is 34.5 Å². The highest BCUT2D eigenvalue weighted by molar-refractivity contribution is 5.69. The van der Waals surface area contributed by atoms with Crippen LogP contribution in [0.1, 0.15) is 17.0 Å². The maximum absolute atomic E-state index is 9.78. The molecule has 2 heterocycles. The summed E-state index contributed by atoms with van der Waals surface area (Å²) in [4.78, 5) is 0. The second-order valence-corrected chi connectivity index (χ2v) is 5.91. The summed E-state index contributed by atoms with van der Waals surface area (Å²) in [5.41, 5.74) is 7.45. The van der Waals surface area contributed by atoms with Crippen molar-refractivity contribution in [2.45, 2.75) is 5.92 Å². The van der Waals surface area contributed by atoms with Crippen LogP contribution >= 0.6 is 0 Å². The summed E-state index contributed by atoms with van der Waals surface area (Å²) in [6.45, 7) is 0.0346. The number of aromatic hydroxyl groups is 1. The summed E-state index contributed by atoms with van der Waals surface area (Å²) in [6.07, 6.45) is 0. The van der Waals surface area contributed by atoms with Gasteiger partial charge >= 0.3 is 0 Å². The van der Waals surface area contributed by atoms with Gasteiger partial charge in [-0.3, -0.25) is 0 Å². The Morgan fingerprint density at radius 2 is 1.93 bits per heavy atom. The van der Waals surface area contributed by atoms with E-state index in [1.807, 2.05) is 0 Å². The quantitative estimate of drug-likeness (QED) is 0.848. The minimum absolute atomic E-state index is 0.0240. The molecule has 0 bridgehead atoms. The van der Waals surface area contributed by atoms with Gasteiger partial charge in [-0.1, -0.05) is 6.07 Å². The van der Waals surface area contributed by atoms with Crippen molar-refractivity contribution in [2.24, 2.45) is 5.73 Å². The van der Waals surface area contributed by atoms with Crippen LogP contribution in [0.25, 0.3) is 0 Å². The summed E-state index contributed by atoms with van der Waals surface area (Å²) >= 11 is 0. The Morgan fingerprint density at radius 1 is 1.15 bits per heavy atom. The van der Waals surface area contributed by atoms with Gasteiger partial charge in [-0.25, -0.2) is 0 Å². The maximum Gasteiger partial charge on any atom is 0.231 e. The predicted octanol–water partition coefficient (Wildman–Crippen LogP) is 2.36. The lowest BCUT2D eigenvalue weighted by Crippen LogP contribution is -2.21. The molecule has 2 aliphatic rings. The van der Waals surface area contributed by atoms with Crippen LogP contribution in [0.3, 0.4) is 0 Å². The number of phenolic OH excluding ortho intramolecular Hbond substituents is 1. The van der Waals surface area contributed by atoms with Crippen LogP contribution in [0, 0.1) is 11.3 Å². The largest absolute Gasteiger partial charge is 0.508 e. The van der Waals surface area contributed by atoms with Gasteiger partial charge in [-0.05, 0) is 12.1 Å². The van der Waals surface area contributed by atoms with E-state index in [4.69, 9.17) is 29.4 Å². The molecular formula is C19H16N2O6. The van der Waals surface area contributed by atoms with Gasteiger partial charge in [0.2, 0.25) is 24.2 Å². The number of nitrogens with zero attached hydrogens (tertiary/aromatic N) is 1. The van der Waals surface area contributed by atoms with E-state index in [9.17, 15) is 10.4 Å². The highest BCUT2D eigenvalue weighted by Crippen LogP contribution is 2.55. The first-order valence-corrected chi connectivity index (χ1v) is 8.04. The number of benzene rings is 2. The third-order valence-corrected chi connectivity index (χ3v) is 4.53. The number of hydrogen-bond donors (Lipinski definition) is 2. The number of fused-ring (bicyclic) bond motifs is 2. The van der Waals surface area contributed by atoms with Gasteiger partial charge in [-0.15, -0.1) is 0 Å². The summed E-state index contributed by atoms with van der Waals surface area (Å²) < 4.78 is 27.6.